The highest BCUT2D eigenvalue weighted by Crippen LogP contribution is 2.19. The lowest BCUT2D eigenvalue weighted by Crippen LogP contribution is -2.41. The van der Waals surface area contributed by atoms with Gasteiger partial charge in [-0.3, -0.25) is 14.9 Å². The number of thioether (sulfide) groups is 1. The number of carbonyl (C=O) groups is 2. The van der Waals surface area contributed by atoms with E-state index in [1.807, 2.05) is 0 Å². The minimum absolute atomic E-state index is 0.0831. The van der Waals surface area contributed by atoms with Crippen molar-refractivity contribution in [2.24, 2.45) is 0 Å². The molecule has 1 aromatic rings. The first-order valence-corrected chi connectivity index (χ1v) is 6.12. The van der Waals surface area contributed by atoms with Crippen molar-refractivity contribution in [3.63, 3.8) is 0 Å². The molecule has 0 bridgehead atoms. The van der Waals surface area contributed by atoms with Crippen LogP contribution in [-0.2, 0) is 9.59 Å². The molecule has 9 heteroatoms. The molecular formula is C10H11N3O5S. The molecular weight excluding hydrogens is 274 g/mol. The van der Waals surface area contributed by atoms with E-state index in [4.69, 9.17) is 5.11 Å². The molecule has 2 N–H and O–H groups in total. The smallest absolute Gasteiger partial charge is 0.327 e. The van der Waals surface area contributed by atoms with Crippen LogP contribution in [0.3, 0.4) is 0 Å². The van der Waals surface area contributed by atoms with Gasteiger partial charge in [0.2, 0.25) is 5.91 Å². The topological polar surface area (TPSA) is 122 Å². The molecule has 19 heavy (non-hydrogen) atoms. The van der Waals surface area contributed by atoms with Crippen molar-refractivity contribution in [1.29, 1.82) is 0 Å². The number of nitro groups is 1. The van der Waals surface area contributed by atoms with Gasteiger partial charge in [-0.1, -0.05) is 0 Å². The maximum atomic E-state index is 10.9. The standard InChI is InChI=1S/C10H11N3O5S/c1-6(14)12-8(10(15)16)5-19-9-3-2-7(4-11-9)13(17)18/h2-4,8H,5H2,1H3,(H,12,14)(H,15,16). The molecule has 0 saturated carbocycles. The summed E-state index contributed by atoms with van der Waals surface area (Å²) >= 11 is 1.09. The lowest BCUT2D eigenvalue weighted by atomic mass is 10.3. The van der Waals surface area contributed by atoms with Crippen LogP contribution < -0.4 is 5.32 Å². The van der Waals surface area contributed by atoms with E-state index in [0.717, 1.165) is 18.0 Å². The van der Waals surface area contributed by atoms with E-state index in [-0.39, 0.29) is 11.4 Å². The van der Waals surface area contributed by atoms with Gasteiger partial charge in [0.15, 0.2) is 0 Å². The summed E-state index contributed by atoms with van der Waals surface area (Å²) < 4.78 is 0. The predicted molar refractivity (Wildman–Crippen MR) is 66.9 cm³/mol. The van der Waals surface area contributed by atoms with Crippen molar-refractivity contribution in [2.75, 3.05) is 5.75 Å². The van der Waals surface area contributed by atoms with E-state index in [1.165, 1.54) is 19.1 Å². The van der Waals surface area contributed by atoms with E-state index in [2.05, 4.69) is 10.3 Å². The molecule has 1 aromatic heterocycles. The third-order valence-electron chi connectivity index (χ3n) is 2.01. The largest absolute Gasteiger partial charge is 0.480 e. The quantitative estimate of drug-likeness (QED) is 0.447. The number of hydrogen-bond donors (Lipinski definition) is 2. The van der Waals surface area contributed by atoms with Crippen molar-refractivity contribution in [2.45, 2.75) is 18.0 Å². The number of carbonyl (C=O) groups excluding carboxylic acids is 1. The molecule has 0 aliphatic heterocycles. The maximum Gasteiger partial charge on any atom is 0.327 e. The Hall–Kier alpha value is -2.16. The molecule has 1 atom stereocenters. The van der Waals surface area contributed by atoms with Gasteiger partial charge in [0.25, 0.3) is 5.69 Å². The number of pyridine rings is 1. The molecule has 0 aliphatic carbocycles. The molecule has 102 valence electrons. The Morgan fingerprint density at radius 3 is 2.68 bits per heavy atom. The molecule has 0 saturated heterocycles. The molecule has 8 nitrogen and oxygen atoms in total. The third-order valence-corrected chi connectivity index (χ3v) is 3.04. The van der Waals surface area contributed by atoms with E-state index in [0.29, 0.717) is 5.03 Å². The lowest BCUT2D eigenvalue weighted by Gasteiger charge is -2.12. The van der Waals surface area contributed by atoms with Crippen molar-refractivity contribution in [3.8, 4) is 0 Å². The summed E-state index contributed by atoms with van der Waals surface area (Å²) in [6.45, 7) is 1.23. The van der Waals surface area contributed by atoms with Crippen LogP contribution in [0.15, 0.2) is 23.4 Å². The summed E-state index contributed by atoms with van der Waals surface area (Å²) in [5.41, 5.74) is -0.138. The highest BCUT2D eigenvalue weighted by atomic mass is 32.2. The molecule has 1 amide bonds. The number of aliphatic carboxylic acids is 1. The summed E-state index contributed by atoms with van der Waals surface area (Å²) in [7, 11) is 0. The molecule has 0 spiro atoms. The van der Waals surface area contributed by atoms with Crippen molar-refractivity contribution >= 4 is 29.3 Å². The molecule has 1 rings (SSSR count). The Morgan fingerprint density at radius 1 is 1.58 bits per heavy atom. The molecule has 1 heterocycles. The van der Waals surface area contributed by atoms with E-state index < -0.39 is 22.8 Å². The Kier molecular flexibility index (Phi) is 5.24. The molecule has 0 aromatic carbocycles. The van der Waals surface area contributed by atoms with Crippen LogP contribution in [0.4, 0.5) is 5.69 Å². The van der Waals surface area contributed by atoms with Gasteiger partial charge in [0, 0.05) is 18.7 Å². The number of carboxylic acids is 1. The van der Waals surface area contributed by atoms with Gasteiger partial charge in [-0.25, -0.2) is 9.78 Å². The number of nitrogens with zero attached hydrogens (tertiary/aromatic N) is 2. The number of carboxylic acid groups (broad SMARTS) is 1. The zero-order valence-corrected chi connectivity index (χ0v) is 10.7. The minimum Gasteiger partial charge on any atom is -0.480 e. The highest BCUT2D eigenvalue weighted by Gasteiger charge is 2.18. The molecule has 0 aliphatic rings. The van der Waals surface area contributed by atoms with Crippen LogP contribution in [0.25, 0.3) is 0 Å². The van der Waals surface area contributed by atoms with E-state index >= 15 is 0 Å². The van der Waals surface area contributed by atoms with Crippen molar-refractivity contribution in [1.82, 2.24) is 10.3 Å². The number of nitrogens with one attached hydrogen (secondary N) is 1. The van der Waals surface area contributed by atoms with Gasteiger partial charge in [0.05, 0.1) is 9.95 Å². The van der Waals surface area contributed by atoms with Crippen molar-refractivity contribution < 1.29 is 19.6 Å². The number of amides is 1. The molecule has 0 fully saturated rings. The second-order valence-corrected chi connectivity index (χ2v) is 4.55. The third kappa shape index (κ3) is 4.92. The first kappa shape index (κ1) is 14.9. The zero-order chi connectivity index (χ0) is 14.4. The Labute approximate surface area is 112 Å². The highest BCUT2D eigenvalue weighted by molar-refractivity contribution is 7.99. The van der Waals surface area contributed by atoms with Crippen LogP contribution in [0.1, 0.15) is 6.92 Å². The van der Waals surface area contributed by atoms with Gasteiger partial charge in [-0.15, -0.1) is 11.8 Å². The Bertz CT molecular complexity index is 490. The fraction of sp³-hybridized carbons (Fsp3) is 0.300. The van der Waals surface area contributed by atoms with Gasteiger partial charge in [-0.05, 0) is 6.07 Å². The average Bonchev–Trinajstić information content (AvgIpc) is 2.34. The second kappa shape index (κ2) is 6.69. The van der Waals surface area contributed by atoms with Crippen LogP contribution in [0, 0.1) is 10.1 Å². The molecule has 1 unspecified atom stereocenters. The Balaban J connectivity index is 2.61. The average molecular weight is 285 g/mol. The zero-order valence-electron chi connectivity index (χ0n) is 9.90. The van der Waals surface area contributed by atoms with E-state index in [1.54, 1.807) is 0 Å². The van der Waals surface area contributed by atoms with Gasteiger partial charge in [0.1, 0.15) is 12.2 Å². The summed E-state index contributed by atoms with van der Waals surface area (Å²) in [4.78, 5) is 35.4. The van der Waals surface area contributed by atoms with Crippen LogP contribution in [-0.4, -0.2) is 38.7 Å². The first-order valence-electron chi connectivity index (χ1n) is 5.13. The van der Waals surface area contributed by atoms with Gasteiger partial charge in [-0.2, -0.15) is 0 Å². The SMILES string of the molecule is CC(=O)NC(CSc1ccc([N+](=O)[O-])cn1)C(=O)O. The maximum absolute atomic E-state index is 10.9. The minimum atomic E-state index is -1.15. The monoisotopic (exact) mass is 285 g/mol. The summed E-state index contributed by atoms with van der Waals surface area (Å²) in [5.74, 6) is -1.51. The number of aromatic nitrogens is 1. The second-order valence-electron chi connectivity index (χ2n) is 3.51. The summed E-state index contributed by atoms with van der Waals surface area (Å²) in [6, 6.07) is 1.68. The van der Waals surface area contributed by atoms with Gasteiger partial charge < -0.3 is 10.4 Å². The fourth-order valence-electron chi connectivity index (χ4n) is 1.15. The Morgan fingerprint density at radius 2 is 2.26 bits per heavy atom. The van der Waals surface area contributed by atoms with Crippen molar-refractivity contribution in [3.05, 3.63) is 28.4 Å². The van der Waals surface area contributed by atoms with Gasteiger partial charge >= 0.3 is 5.97 Å². The number of hydrogen-bond acceptors (Lipinski definition) is 6. The normalized spacial score (nSPS) is 11.6. The van der Waals surface area contributed by atoms with Crippen LogP contribution in [0.2, 0.25) is 0 Å². The summed E-state index contributed by atoms with van der Waals surface area (Å²) in [6.07, 6.45) is 1.09. The first-order chi connectivity index (χ1) is 8.90. The summed E-state index contributed by atoms with van der Waals surface area (Å²) in [5, 5.41) is 22.0. The molecule has 0 radical (unpaired) electrons. The van der Waals surface area contributed by atoms with Crippen LogP contribution in [0.5, 0.6) is 0 Å². The van der Waals surface area contributed by atoms with E-state index in [9.17, 15) is 19.7 Å². The number of rotatable bonds is 6. The predicted octanol–water partition coefficient (Wildman–Crippen LogP) is 0.671. The van der Waals surface area contributed by atoms with Crippen LogP contribution >= 0.6 is 11.8 Å². The fourth-order valence-corrected chi connectivity index (χ4v) is 2.01. The lowest BCUT2D eigenvalue weighted by molar-refractivity contribution is -0.385.